The summed E-state index contributed by atoms with van der Waals surface area (Å²) >= 11 is 0. The minimum Gasteiger partial charge on any atom is -0.469 e. The van der Waals surface area contributed by atoms with Crippen LogP contribution in [0.4, 0.5) is 0 Å². The van der Waals surface area contributed by atoms with Gasteiger partial charge in [-0.15, -0.1) is 0 Å². The highest BCUT2D eigenvalue weighted by Crippen LogP contribution is 2.14. The zero-order valence-electron chi connectivity index (χ0n) is 10.3. The van der Waals surface area contributed by atoms with E-state index in [4.69, 9.17) is 4.42 Å². The SMILES string of the molecule is COC(=O)CCNCCc1ccc2ncoc2c1. The Kier molecular flexibility index (Phi) is 4.30. The molecule has 0 bridgehead atoms. The van der Waals surface area contributed by atoms with Gasteiger partial charge in [-0.3, -0.25) is 4.79 Å². The molecule has 1 N–H and O–H groups in total. The van der Waals surface area contributed by atoms with Crippen LogP contribution in [-0.2, 0) is 16.0 Å². The molecule has 0 spiro atoms. The van der Waals surface area contributed by atoms with Crippen molar-refractivity contribution in [2.24, 2.45) is 0 Å². The summed E-state index contributed by atoms with van der Waals surface area (Å²) in [5.74, 6) is -0.189. The predicted molar refractivity (Wildman–Crippen MR) is 67.2 cm³/mol. The third-order valence-electron chi connectivity index (χ3n) is 2.72. The van der Waals surface area contributed by atoms with Gasteiger partial charge in [0.25, 0.3) is 0 Å². The summed E-state index contributed by atoms with van der Waals surface area (Å²) in [6.07, 6.45) is 2.73. The van der Waals surface area contributed by atoms with E-state index in [1.807, 2.05) is 18.2 Å². The van der Waals surface area contributed by atoms with Gasteiger partial charge in [0.05, 0.1) is 13.5 Å². The summed E-state index contributed by atoms with van der Waals surface area (Å²) in [6.45, 7) is 1.45. The van der Waals surface area contributed by atoms with Gasteiger partial charge in [-0.25, -0.2) is 4.98 Å². The van der Waals surface area contributed by atoms with Crippen molar-refractivity contribution in [2.75, 3.05) is 20.2 Å². The van der Waals surface area contributed by atoms with E-state index in [0.717, 1.165) is 24.1 Å². The molecular formula is C13H16N2O3. The topological polar surface area (TPSA) is 64.4 Å². The van der Waals surface area contributed by atoms with Gasteiger partial charge in [-0.1, -0.05) is 6.07 Å². The number of hydrogen-bond donors (Lipinski definition) is 1. The molecule has 0 aliphatic rings. The highest BCUT2D eigenvalue weighted by Gasteiger charge is 2.01. The number of benzene rings is 1. The van der Waals surface area contributed by atoms with Crippen LogP contribution in [0.3, 0.4) is 0 Å². The number of nitrogens with zero attached hydrogens (tertiary/aromatic N) is 1. The van der Waals surface area contributed by atoms with Gasteiger partial charge in [-0.2, -0.15) is 0 Å². The molecule has 18 heavy (non-hydrogen) atoms. The fraction of sp³-hybridized carbons (Fsp3) is 0.385. The standard InChI is InChI=1S/C13H16N2O3/c1-17-13(16)5-7-14-6-4-10-2-3-11-12(8-10)18-9-15-11/h2-3,8-9,14H,4-7H2,1H3. The van der Waals surface area contributed by atoms with E-state index in [1.54, 1.807) is 0 Å². The van der Waals surface area contributed by atoms with Crippen LogP contribution in [-0.4, -0.2) is 31.2 Å². The van der Waals surface area contributed by atoms with E-state index in [1.165, 1.54) is 19.1 Å². The third kappa shape index (κ3) is 3.30. The van der Waals surface area contributed by atoms with Gasteiger partial charge in [0.1, 0.15) is 5.52 Å². The Morgan fingerprint density at radius 3 is 3.17 bits per heavy atom. The Morgan fingerprint density at radius 1 is 1.44 bits per heavy atom. The molecule has 0 amide bonds. The molecule has 0 saturated heterocycles. The number of carbonyl (C=O) groups excluding carboxylic acids is 1. The fourth-order valence-corrected chi connectivity index (χ4v) is 1.71. The molecule has 5 heteroatoms. The molecule has 1 aromatic heterocycles. The van der Waals surface area contributed by atoms with Gasteiger partial charge >= 0.3 is 5.97 Å². The van der Waals surface area contributed by atoms with Crippen LogP contribution in [0.15, 0.2) is 29.0 Å². The first kappa shape index (κ1) is 12.6. The molecular weight excluding hydrogens is 232 g/mol. The zero-order chi connectivity index (χ0) is 12.8. The molecule has 5 nitrogen and oxygen atoms in total. The largest absolute Gasteiger partial charge is 0.469 e. The predicted octanol–water partition coefficient (Wildman–Crippen LogP) is 1.52. The van der Waals surface area contributed by atoms with Crippen LogP contribution in [0.5, 0.6) is 0 Å². The fourth-order valence-electron chi connectivity index (χ4n) is 1.71. The van der Waals surface area contributed by atoms with E-state index >= 15 is 0 Å². The number of methoxy groups -OCH3 is 1. The van der Waals surface area contributed by atoms with Crippen molar-refractivity contribution in [3.05, 3.63) is 30.2 Å². The summed E-state index contributed by atoms with van der Waals surface area (Å²) < 4.78 is 9.80. The average Bonchev–Trinajstić information content (AvgIpc) is 2.85. The van der Waals surface area contributed by atoms with Crippen molar-refractivity contribution in [3.63, 3.8) is 0 Å². The molecule has 0 saturated carbocycles. The quantitative estimate of drug-likeness (QED) is 0.620. The van der Waals surface area contributed by atoms with Gasteiger partial charge < -0.3 is 14.5 Å². The minimum absolute atomic E-state index is 0.189. The zero-order valence-corrected chi connectivity index (χ0v) is 10.3. The minimum atomic E-state index is -0.189. The number of oxazole rings is 1. The molecule has 0 atom stereocenters. The van der Waals surface area contributed by atoms with Gasteiger partial charge in [0, 0.05) is 6.54 Å². The van der Waals surface area contributed by atoms with Crippen LogP contribution in [0.25, 0.3) is 11.1 Å². The van der Waals surface area contributed by atoms with Crippen LogP contribution >= 0.6 is 0 Å². The van der Waals surface area contributed by atoms with Crippen molar-refractivity contribution < 1.29 is 13.9 Å². The molecule has 0 aliphatic heterocycles. The Bertz CT molecular complexity index is 522. The molecule has 1 aromatic carbocycles. The monoisotopic (exact) mass is 248 g/mol. The van der Waals surface area contributed by atoms with E-state index in [-0.39, 0.29) is 5.97 Å². The number of hydrogen-bond acceptors (Lipinski definition) is 5. The maximum Gasteiger partial charge on any atom is 0.306 e. The first-order chi connectivity index (χ1) is 8.79. The second kappa shape index (κ2) is 6.16. The number of nitrogens with one attached hydrogen (secondary N) is 1. The Morgan fingerprint density at radius 2 is 2.33 bits per heavy atom. The molecule has 0 aliphatic carbocycles. The van der Waals surface area contributed by atoms with Gasteiger partial charge in [0.15, 0.2) is 12.0 Å². The van der Waals surface area contributed by atoms with Gasteiger partial charge in [0.2, 0.25) is 0 Å². The van der Waals surface area contributed by atoms with Gasteiger partial charge in [-0.05, 0) is 30.7 Å². The summed E-state index contributed by atoms with van der Waals surface area (Å²) in [5.41, 5.74) is 2.87. The lowest BCUT2D eigenvalue weighted by atomic mass is 10.1. The smallest absolute Gasteiger partial charge is 0.306 e. The lowest BCUT2D eigenvalue weighted by Crippen LogP contribution is -2.21. The molecule has 96 valence electrons. The molecule has 1 heterocycles. The summed E-state index contributed by atoms with van der Waals surface area (Å²) in [6, 6.07) is 5.97. The van der Waals surface area contributed by atoms with Crippen LogP contribution in [0.1, 0.15) is 12.0 Å². The second-order valence-corrected chi connectivity index (χ2v) is 3.98. The van der Waals surface area contributed by atoms with Crippen molar-refractivity contribution in [3.8, 4) is 0 Å². The number of esters is 1. The van der Waals surface area contributed by atoms with Crippen molar-refractivity contribution in [1.82, 2.24) is 10.3 Å². The maximum atomic E-state index is 10.9. The third-order valence-corrected chi connectivity index (χ3v) is 2.72. The number of rotatable bonds is 6. The van der Waals surface area contributed by atoms with Crippen molar-refractivity contribution >= 4 is 17.1 Å². The molecule has 0 radical (unpaired) electrons. The highest BCUT2D eigenvalue weighted by molar-refractivity contribution is 5.72. The van der Waals surface area contributed by atoms with E-state index in [9.17, 15) is 4.79 Å². The summed E-state index contributed by atoms with van der Waals surface area (Å²) in [7, 11) is 1.40. The lowest BCUT2D eigenvalue weighted by Gasteiger charge is -2.04. The van der Waals surface area contributed by atoms with Crippen LogP contribution in [0.2, 0.25) is 0 Å². The Hall–Kier alpha value is -1.88. The number of ether oxygens (including phenoxy) is 1. The summed E-state index contributed by atoms with van der Waals surface area (Å²) in [5, 5.41) is 3.19. The van der Waals surface area contributed by atoms with E-state index in [2.05, 4.69) is 15.0 Å². The lowest BCUT2D eigenvalue weighted by molar-refractivity contribution is -0.140. The van der Waals surface area contributed by atoms with E-state index < -0.39 is 0 Å². The second-order valence-electron chi connectivity index (χ2n) is 3.98. The Balaban J connectivity index is 1.74. The maximum absolute atomic E-state index is 10.9. The highest BCUT2D eigenvalue weighted by atomic mass is 16.5. The van der Waals surface area contributed by atoms with Crippen LogP contribution in [0, 0.1) is 0 Å². The number of carbonyl (C=O) groups is 1. The molecule has 0 fully saturated rings. The normalized spacial score (nSPS) is 10.7. The molecule has 0 unspecified atom stereocenters. The molecule has 2 aromatic rings. The number of fused-ring (bicyclic) bond motifs is 1. The number of aromatic nitrogens is 1. The van der Waals surface area contributed by atoms with E-state index in [0.29, 0.717) is 13.0 Å². The first-order valence-corrected chi connectivity index (χ1v) is 5.89. The van der Waals surface area contributed by atoms with Crippen molar-refractivity contribution in [2.45, 2.75) is 12.8 Å². The average molecular weight is 248 g/mol. The van der Waals surface area contributed by atoms with Crippen LogP contribution < -0.4 is 5.32 Å². The van der Waals surface area contributed by atoms with Crippen molar-refractivity contribution in [1.29, 1.82) is 0 Å². The molecule has 2 rings (SSSR count). The summed E-state index contributed by atoms with van der Waals surface area (Å²) in [4.78, 5) is 14.9. The Labute approximate surface area is 105 Å². The first-order valence-electron chi connectivity index (χ1n) is 5.89.